The molecule has 0 amide bonds. The highest BCUT2D eigenvalue weighted by molar-refractivity contribution is 9.10. The number of hydrogen-bond donors (Lipinski definition) is 0. The van der Waals surface area contributed by atoms with Crippen LogP contribution in [0, 0.1) is 0 Å². The lowest BCUT2D eigenvalue weighted by molar-refractivity contribution is -0.269. The molecule has 0 radical (unpaired) electrons. The zero-order chi connectivity index (χ0) is 17.5. The Bertz CT molecular complexity index is 649. The van der Waals surface area contributed by atoms with E-state index in [0.29, 0.717) is 26.2 Å². The predicted molar refractivity (Wildman–Crippen MR) is 99.4 cm³/mol. The molecule has 25 heavy (non-hydrogen) atoms. The number of rotatable bonds is 7. The van der Waals surface area contributed by atoms with E-state index in [2.05, 4.69) is 22.0 Å². The van der Waals surface area contributed by atoms with Crippen LogP contribution in [0.1, 0.15) is 11.1 Å². The summed E-state index contributed by atoms with van der Waals surface area (Å²) in [4.78, 5) is 0. The summed E-state index contributed by atoms with van der Waals surface area (Å²) in [6.07, 6.45) is 0.105. The third kappa shape index (κ3) is 5.36. The normalized spacial score (nSPS) is 23.5. The quantitative estimate of drug-likeness (QED) is 0.696. The lowest BCUT2D eigenvalue weighted by atomic mass is 10.1. The van der Waals surface area contributed by atoms with Crippen molar-refractivity contribution in [2.24, 2.45) is 0 Å². The van der Waals surface area contributed by atoms with Gasteiger partial charge in [0.15, 0.2) is 6.29 Å². The highest BCUT2D eigenvalue weighted by atomic mass is 79.9. The average molecular weight is 407 g/mol. The second kappa shape index (κ2) is 9.46. The van der Waals surface area contributed by atoms with Gasteiger partial charge in [0.1, 0.15) is 12.2 Å². The Hall–Kier alpha value is -1.24. The SMILES string of the molecule is COC[C@@H]1O[C@H](Cc2ccccc2Br)OC[C@@H]1OCc1ccccc1. The molecule has 1 aliphatic rings. The lowest BCUT2D eigenvalue weighted by Gasteiger charge is -2.36. The van der Waals surface area contributed by atoms with Gasteiger partial charge in [0, 0.05) is 18.0 Å². The minimum absolute atomic E-state index is 0.143. The highest BCUT2D eigenvalue weighted by Gasteiger charge is 2.33. The Morgan fingerprint density at radius 3 is 2.60 bits per heavy atom. The topological polar surface area (TPSA) is 36.9 Å². The number of ether oxygens (including phenoxy) is 4. The molecule has 0 bridgehead atoms. The van der Waals surface area contributed by atoms with Gasteiger partial charge in [0.25, 0.3) is 0 Å². The molecule has 2 aromatic rings. The van der Waals surface area contributed by atoms with E-state index < -0.39 is 0 Å². The summed E-state index contributed by atoms with van der Waals surface area (Å²) in [5, 5.41) is 0. The van der Waals surface area contributed by atoms with Gasteiger partial charge < -0.3 is 18.9 Å². The standard InChI is InChI=1S/C20H23BrO4/c1-22-13-19-18(23-12-15-7-3-2-4-8-15)14-24-20(25-19)11-16-9-5-6-10-17(16)21/h2-10,18-20H,11-14H2,1H3/t18-,19-,20+/m0/s1. The van der Waals surface area contributed by atoms with Gasteiger partial charge in [-0.25, -0.2) is 0 Å². The van der Waals surface area contributed by atoms with Gasteiger partial charge in [-0.05, 0) is 17.2 Å². The maximum absolute atomic E-state index is 6.09. The molecule has 0 saturated carbocycles. The summed E-state index contributed by atoms with van der Waals surface area (Å²) in [5.74, 6) is 0. The second-order valence-corrected chi connectivity index (χ2v) is 6.88. The van der Waals surface area contributed by atoms with Crippen molar-refractivity contribution in [2.45, 2.75) is 31.5 Å². The van der Waals surface area contributed by atoms with Gasteiger partial charge in [-0.1, -0.05) is 64.5 Å². The lowest BCUT2D eigenvalue weighted by Crippen LogP contribution is -2.48. The predicted octanol–water partition coefficient (Wildman–Crippen LogP) is 3.96. The molecule has 3 rings (SSSR count). The number of halogens is 1. The minimum atomic E-state index is -0.296. The van der Waals surface area contributed by atoms with Gasteiger partial charge >= 0.3 is 0 Å². The van der Waals surface area contributed by atoms with Crippen LogP contribution in [0.15, 0.2) is 59.1 Å². The third-order valence-corrected chi connectivity index (χ3v) is 4.94. The molecule has 0 spiro atoms. The fourth-order valence-corrected chi connectivity index (χ4v) is 3.27. The molecule has 0 aromatic heterocycles. The van der Waals surface area contributed by atoms with E-state index in [-0.39, 0.29) is 18.5 Å². The summed E-state index contributed by atoms with van der Waals surface area (Å²) in [6.45, 7) is 1.51. The van der Waals surface area contributed by atoms with Crippen molar-refractivity contribution in [1.29, 1.82) is 0 Å². The molecule has 1 fully saturated rings. The summed E-state index contributed by atoms with van der Waals surface area (Å²) in [5.41, 5.74) is 2.29. The second-order valence-electron chi connectivity index (χ2n) is 6.02. The number of methoxy groups -OCH3 is 1. The first-order valence-electron chi connectivity index (χ1n) is 8.41. The van der Waals surface area contributed by atoms with Gasteiger partial charge in [-0.15, -0.1) is 0 Å². The Morgan fingerprint density at radius 1 is 1.08 bits per heavy atom. The van der Waals surface area contributed by atoms with Crippen LogP contribution in [0.5, 0.6) is 0 Å². The molecule has 1 saturated heterocycles. The van der Waals surface area contributed by atoms with Gasteiger partial charge in [-0.2, -0.15) is 0 Å². The Kier molecular flexibility index (Phi) is 7.02. The first-order valence-corrected chi connectivity index (χ1v) is 9.20. The molecule has 4 nitrogen and oxygen atoms in total. The van der Waals surface area contributed by atoms with Crippen LogP contribution in [0.2, 0.25) is 0 Å². The fraction of sp³-hybridized carbons (Fsp3) is 0.400. The van der Waals surface area contributed by atoms with E-state index in [1.54, 1.807) is 7.11 Å². The maximum atomic E-state index is 6.09. The van der Waals surface area contributed by atoms with Crippen LogP contribution >= 0.6 is 15.9 Å². The molecular formula is C20H23BrO4. The van der Waals surface area contributed by atoms with E-state index in [4.69, 9.17) is 18.9 Å². The molecule has 134 valence electrons. The molecule has 2 aromatic carbocycles. The average Bonchev–Trinajstić information content (AvgIpc) is 2.64. The molecule has 5 heteroatoms. The van der Waals surface area contributed by atoms with Crippen LogP contribution < -0.4 is 0 Å². The van der Waals surface area contributed by atoms with Crippen LogP contribution in [-0.4, -0.2) is 38.8 Å². The van der Waals surface area contributed by atoms with Crippen molar-refractivity contribution >= 4 is 15.9 Å². The summed E-state index contributed by atoms with van der Waals surface area (Å²) in [7, 11) is 1.68. The van der Waals surface area contributed by atoms with E-state index in [9.17, 15) is 0 Å². The van der Waals surface area contributed by atoms with E-state index in [1.807, 2.05) is 48.5 Å². The van der Waals surface area contributed by atoms with Crippen molar-refractivity contribution in [3.05, 3.63) is 70.2 Å². The first-order chi connectivity index (χ1) is 12.3. The van der Waals surface area contributed by atoms with Crippen LogP contribution in [-0.2, 0) is 32.0 Å². The molecule has 1 aliphatic heterocycles. The van der Waals surface area contributed by atoms with E-state index in [0.717, 1.165) is 15.6 Å². The minimum Gasteiger partial charge on any atom is -0.382 e. The van der Waals surface area contributed by atoms with Gasteiger partial charge in [-0.3, -0.25) is 0 Å². The van der Waals surface area contributed by atoms with Crippen LogP contribution in [0.4, 0.5) is 0 Å². The van der Waals surface area contributed by atoms with Crippen LogP contribution in [0.25, 0.3) is 0 Å². The largest absolute Gasteiger partial charge is 0.382 e. The van der Waals surface area contributed by atoms with Gasteiger partial charge in [0.05, 0.1) is 19.8 Å². The van der Waals surface area contributed by atoms with Gasteiger partial charge in [0.2, 0.25) is 0 Å². The monoisotopic (exact) mass is 406 g/mol. The van der Waals surface area contributed by atoms with Crippen molar-refractivity contribution in [1.82, 2.24) is 0 Å². The molecule has 0 N–H and O–H groups in total. The molecule has 3 atom stereocenters. The molecule has 0 aliphatic carbocycles. The van der Waals surface area contributed by atoms with E-state index >= 15 is 0 Å². The summed E-state index contributed by atoms with van der Waals surface area (Å²) in [6, 6.07) is 18.2. The molecule has 1 heterocycles. The van der Waals surface area contributed by atoms with Crippen LogP contribution in [0.3, 0.4) is 0 Å². The zero-order valence-corrected chi connectivity index (χ0v) is 15.9. The summed E-state index contributed by atoms with van der Waals surface area (Å²) >= 11 is 3.57. The molecule has 0 unspecified atom stereocenters. The van der Waals surface area contributed by atoms with Crippen molar-refractivity contribution < 1.29 is 18.9 Å². The number of benzene rings is 2. The zero-order valence-electron chi connectivity index (χ0n) is 14.3. The third-order valence-electron chi connectivity index (χ3n) is 4.17. The van der Waals surface area contributed by atoms with E-state index in [1.165, 1.54) is 0 Å². The highest BCUT2D eigenvalue weighted by Crippen LogP contribution is 2.24. The molecular weight excluding hydrogens is 384 g/mol. The Labute approximate surface area is 157 Å². The smallest absolute Gasteiger partial charge is 0.162 e. The fourth-order valence-electron chi connectivity index (χ4n) is 2.83. The number of hydrogen-bond acceptors (Lipinski definition) is 4. The maximum Gasteiger partial charge on any atom is 0.162 e. The van der Waals surface area contributed by atoms with Crippen molar-refractivity contribution in [2.75, 3.05) is 20.3 Å². The first kappa shape index (κ1) is 18.5. The Balaban J connectivity index is 1.57. The van der Waals surface area contributed by atoms with Crippen molar-refractivity contribution in [3.8, 4) is 0 Å². The van der Waals surface area contributed by atoms with Crippen molar-refractivity contribution in [3.63, 3.8) is 0 Å². The Morgan fingerprint density at radius 2 is 1.84 bits per heavy atom. The summed E-state index contributed by atoms with van der Waals surface area (Å²) < 4.78 is 24.4.